The number of carbonyl (C=O) groups is 1. The smallest absolute Gasteiger partial charge is 0.339 e. The molecule has 3 N–H and O–H groups in total. The second-order valence-electron chi connectivity index (χ2n) is 5.77. The summed E-state index contributed by atoms with van der Waals surface area (Å²) in [5.74, 6) is -1.78. The molecule has 0 unspecified atom stereocenters. The Morgan fingerprint density at radius 3 is 2.40 bits per heavy atom. The highest BCUT2D eigenvalue weighted by Crippen LogP contribution is 2.23. The van der Waals surface area contributed by atoms with E-state index in [9.17, 15) is 18.3 Å². The first kappa shape index (κ1) is 16.3. The average Bonchev–Trinajstić information content (AvgIpc) is 2.28. The summed E-state index contributed by atoms with van der Waals surface area (Å²) in [6.07, 6.45) is 0.478. The SMILES string of the molecule is CC(C)(C)CCS(=O)(=O)Nc1ccc(O)c(C(=O)O)c1. The molecule has 0 amide bonds. The molecule has 20 heavy (non-hydrogen) atoms. The summed E-state index contributed by atoms with van der Waals surface area (Å²) >= 11 is 0. The number of phenols is 1. The molecule has 0 aromatic heterocycles. The Bertz CT molecular complexity index is 602. The maximum absolute atomic E-state index is 11.9. The lowest BCUT2D eigenvalue weighted by Gasteiger charge is -2.18. The third-order valence-corrected chi connectivity index (χ3v) is 3.91. The second kappa shape index (κ2) is 5.70. The van der Waals surface area contributed by atoms with E-state index >= 15 is 0 Å². The highest BCUT2D eigenvalue weighted by atomic mass is 32.2. The van der Waals surface area contributed by atoms with Gasteiger partial charge in [-0.1, -0.05) is 20.8 Å². The van der Waals surface area contributed by atoms with Crippen molar-refractivity contribution in [2.24, 2.45) is 5.41 Å². The lowest BCUT2D eigenvalue weighted by molar-refractivity contribution is 0.0693. The number of aromatic carboxylic acids is 1. The van der Waals surface area contributed by atoms with Crippen molar-refractivity contribution in [3.63, 3.8) is 0 Å². The van der Waals surface area contributed by atoms with E-state index in [0.29, 0.717) is 6.42 Å². The molecule has 1 aromatic rings. The zero-order valence-corrected chi connectivity index (χ0v) is 12.5. The molecule has 0 aliphatic heterocycles. The minimum absolute atomic E-state index is 0.0558. The molecule has 112 valence electrons. The molecule has 0 aliphatic carbocycles. The number of carboxylic acid groups (broad SMARTS) is 1. The first-order valence-electron chi connectivity index (χ1n) is 6.07. The molecule has 1 aromatic carbocycles. The van der Waals surface area contributed by atoms with Crippen LogP contribution >= 0.6 is 0 Å². The number of anilines is 1. The van der Waals surface area contributed by atoms with Gasteiger partial charge in [0.15, 0.2) is 0 Å². The topological polar surface area (TPSA) is 104 Å². The maximum atomic E-state index is 11.9. The third-order valence-electron chi connectivity index (χ3n) is 2.62. The van der Waals surface area contributed by atoms with Gasteiger partial charge in [0.25, 0.3) is 0 Å². The van der Waals surface area contributed by atoms with Crippen LogP contribution in [0.15, 0.2) is 18.2 Å². The summed E-state index contributed by atoms with van der Waals surface area (Å²) in [7, 11) is -3.55. The fourth-order valence-corrected chi connectivity index (χ4v) is 2.91. The standard InChI is InChI=1S/C13H19NO5S/c1-13(2,3)6-7-20(18,19)14-9-4-5-11(15)10(8-9)12(16)17/h4-5,8,14-15H,6-7H2,1-3H3,(H,16,17). The molecule has 0 fully saturated rings. The van der Waals surface area contributed by atoms with Gasteiger partial charge in [0, 0.05) is 5.69 Å². The van der Waals surface area contributed by atoms with Crippen molar-refractivity contribution in [2.45, 2.75) is 27.2 Å². The predicted octanol–water partition coefficient (Wildman–Crippen LogP) is 2.27. The molecule has 0 spiro atoms. The normalized spacial score (nSPS) is 12.2. The van der Waals surface area contributed by atoms with E-state index in [-0.39, 0.29) is 22.4 Å². The van der Waals surface area contributed by atoms with Gasteiger partial charge in [-0.25, -0.2) is 13.2 Å². The Labute approximate surface area is 118 Å². The molecule has 0 radical (unpaired) electrons. The molecule has 0 heterocycles. The lowest BCUT2D eigenvalue weighted by atomic mass is 9.94. The highest BCUT2D eigenvalue weighted by molar-refractivity contribution is 7.92. The van der Waals surface area contributed by atoms with E-state index in [1.54, 1.807) is 0 Å². The second-order valence-corrected chi connectivity index (χ2v) is 7.61. The Balaban J connectivity index is 2.88. The predicted molar refractivity (Wildman–Crippen MR) is 76.5 cm³/mol. The number of aromatic hydroxyl groups is 1. The summed E-state index contributed by atoms with van der Waals surface area (Å²) in [4.78, 5) is 10.9. The Morgan fingerprint density at radius 1 is 1.30 bits per heavy atom. The van der Waals surface area contributed by atoms with E-state index < -0.39 is 21.7 Å². The number of carboxylic acids is 1. The van der Waals surface area contributed by atoms with Gasteiger partial charge in [-0.3, -0.25) is 4.72 Å². The van der Waals surface area contributed by atoms with E-state index in [2.05, 4.69) is 4.72 Å². The summed E-state index contributed by atoms with van der Waals surface area (Å²) < 4.78 is 26.1. The fourth-order valence-electron chi connectivity index (χ4n) is 1.44. The van der Waals surface area contributed by atoms with E-state index in [1.807, 2.05) is 20.8 Å². The molecule has 0 aliphatic rings. The van der Waals surface area contributed by atoms with Crippen LogP contribution in [0.25, 0.3) is 0 Å². The summed E-state index contributed by atoms with van der Waals surface area (Å²) in [6, 6.07) is 3.55. The van der Waals surface area contributed by atoms with Crippen LogP contribution in [-0.4, -0.2) is 30.4 Å². The molecule has 0 atom stereocenters. The Kier molecular flexibility index (Phi) is 4.65. The van der Waals surface area contributed by atoms with E-state index in [0.717, 1.165) is 12.1 Å². The number of nitrogens with one attached hydrogen (secondary N) is 1. The van der Waals surface area contributed by atoms with Crippen molar-refractivity contribution in [3.05, 3.63) is 23.8 Å². The first-order chi connectivity index (χ1) is 9.00. The van der Waals surface area contributed by atoms with Crippen LogP contribution in [0.2, 0.25) is 0 Å². The largest absolute Gasteiger partial charge is 0.507 e. The van der Waals surface area contributed by atoms with Gasteiger partial charge in [0.2, 0.25) is 10.0 Å². The van der Waals surface area contributed by atoms with Gasteiger partial charge in [-0.15, -0.1) is 0 Å². The number of hydrogen-bond acceptors (Lipinski definition) is 4. The number of sulfonamides is 1. The average molecular weight is 301 g/mol. The minimum Gasteiger partial charge on any atom is -0.507 e. The minimum atomic E-state index is -3.55. The van der Waals surface area contributed by atoms with Crippen molar-refractivity contribution in [1.82, 2.24) is 0 Å². The van der Waals surface area contributed by atoms with Crippen LogP contribution in [-0.2, 0) is 10.0 Å². The van der Waals surface area contributed by atoms with Gasteiger partial charge >= 0.3 is 5.97 Å². The van der Waals surface area contributed by atoms with Gasteiger partial charge in [-0.05, 0) is 30.0 Å². The first-order valence-corrected chi connectivity index (χ1v) is 7.72. The summed E-state index contributed by atoms with van der Waals surface area (Å²) in [5.41, 5.74) is -0.342. The highest BCUT2D eigenvalue weighted by Gasteiger charge is 2.18. The Hall–Kier alpha value is -1.76. The van der Waals surface area contributed by atoms with Gasteiger partial charge < -0.3 is 10.2 Å². The van der Waals surface area contributed by atoms with Crippen molar-refractivity contribution < 1.29 is 23.4 Å². The molecule has 0 saturated heterocycles. The van der Waals surface area contributed by atoms with E-state index in [1.165, 1.54) is 6.07 Å². The fraction of sp³-hybridized carbons (Fsp3) is 0.462. The molecule has 6 nitrogen and oxygen atoms in total. The van der Waals surface area contributed by atoms with Crippen molar-refractivity contribution in [1.29, 1.82) is 0 Å². The zero-order chi connectivity index (χ0) is 15.6. The van der Waals surface area contributed by atoms with E-state index in [4.69, 9.17) is 5.11 Å². The monoisotopic (exact) mass is 301 g/mol. The van der Waals surface area contributed by atoms with Crippen molar-refractivity contribution >= 4 is 21.7 Å². The van der Waals surface area contributed by atoms with Crippen LogP contribution in [0.1, 0.15) is 37.6 Å². The third kappa shape index (κ3) is 5.08. The van der Waals surface area contributed by atoms with Crippen molar-refractivity contribution in [2.75, 3.05) is 10.5 Å². The van der Waals surface area contributed by atoms with Crippen LogP contribution in [0, 0.1) is 5.41 Å². The number of benzene rings is 1. The van der Waals surface area contributed by atoms with Crippen LogP contribution in [0.4, 0.5) is 5.69 Å². The van der Waals surface area contributed by atoms with Crippen LogP contribution in [0.5, 0.6) is 5.75 Å². The molecule has 0 saturated carbocycles. The summed E-state index contributed by atoms with van der Waals surface area (Å²) in [5, 5.41) is 18.2. The lowest BCUT2D eigenvalue weighted by Crippen LogP contribution is -2.21. The molecular weight excluding hydrogens is 282 g/mol. The summed E-state index contributed by atoms with van der Waals surface area (Å²) in [6.45, 7) is 5.81. The number of hydrogen-bond donors (Lipinski definition) is 3. The number of rotatable bonds is 5. The molecular formula is C13H19NO5S. The zero-order valence-electron chi connectivity index (χ0n) is 11.7. The molecule has 0 bridgehead atoms. The molecule has 7 heteroatoms. The van der Waals surface area contributed by atoms with Gasteiger partial charge in [0.05, 0.1) is 5.75 Å². The maximum Gasteiger partial charge on any atom is 0.339 e. The van der Waals surface area contributed by atoms with Gasteiger partial charge in [-0.2, -0.15) is 0 Å². The Morgan fingerprint density at radius 2 is 1.90 bits per heavy atom. The van der Waals surface area contributed by atoms with Crippen LogP contribution in [0.3, 0.4) is 0 Å². The quantitative estimate of drug-likeness (QED) is 0.724. The van der Waals surface area contributed by atoms with Crippen molar-refractivity contribution in [3.8, 4) is 5.75 Å². The molecule has 1 rings (SSSR count). The van der Waals surface area contributed by atoms with Crippen LogP contribution < -0.4 is 4.72 Å². The van der Waals surface area contributed by atoms with Gasteiger partial charge in [0.1, 0.15) is 11.3 Å².